The van der Waals surface area contributed by atoms with Gasteiger partial charge in [0.25, 0.3) is 0 Å². The molecule has 0 bridgehead atoms. The van der Waals surface area contributed by atoms with Crippen LogP contribution in [0.3, 0.4) is 0 Å². The minimum atomic E-state index is 0.659. The van der Waals surface area contributed by atoms with Crippen LogP contribution >= 0.6 is 12.2 Å². The smallest absolute Gasteiger partial charge is 0.166 e. The molecular weight excluding hydrogens is 280 g/mol. The van der Waals surface area contributed by atoms with Crippen LogP contribution in [0.5, 0.6) is 5.75 Å². The van der Waals surface area contributed by atoms with Gasteiger partial charge in [0, 0.05) is 13.1 Å². The monoisotopic (exact) mass is 300 g/mol. The van der Waals surface area contributed by atoms with E-state index < -0.39 is 0 Å². The maximum atomic E-state index is 5.28. The quantitative estimate of drug-likeness (QED) is 0.831. The molecule has 2 rings (SSSR count). The molecule has 0 atom stereocenters. The minimum absolute atomic E-state index is 0.659. The first-order valence-electron chi connectivity index (χ1n) is 6.87. The van der Waals surface area contributed by atoms with Crippen LogP contribution < -0.4 is 15.4 Å². The van der Waals surface area contributed by atoms with Crippen molar-refractivity contribution in [1.29, 1.82) is 0 Å². The fourth-order valence-corrected chi connectivity index (χ4v) is 2.02. The molecule has 4 heteroatoms. The summed E-state index contributed by atoms with van der Waals surface area (Å²) < 4.78 is 5.13. The van der Waals surface area contributed by atoms with Gasteiger partial charge in [-0.15, -0.1) is 0 Å². The number of methoxy groups -OCH3 is 1. The molecule has 0 fully saturated rings. The van der Waals surface area contributed by atoms with Gasteiger partial charge in [-0.1, -0.05) is 42.0 Å². The van der Waals surface area contributed by atoms with Crippen molar-refractivity contribution in [3.05, 3.63) is 65.2 Å². The Balaban J connectivity index is 1.75. The number of nitrogens with one attached hydrogen (secondary N) is 2. The van der Waals surface area contributed by atoms with Crippen molar-refractivity contribution in [3.8, 4) is 5.75 Å². The number of thiocarbonyl (C=S) groups is 1. The van der Waals surface area contributed by atoms with Gasteiger partial charge in [-0.05, 0) is 42.4 Å². The molecule has 0 aliphatic heterocycles. The van der Waals surface area contributed by atoms with Gasteiger partial charge in [0.2, 0.25) is 0 Å². The molecule has 3 nitrogen and oxygen atoms in total. The molecule has 0 heterocycles. The Morgan fingerprint density at radius 1 is 0.905 bits per heavy atom. The van der Waals surface area contributed by atoms with Gasteiger partial charge in [0.1, 0.15) is 5.75 Å². The van der Waals surface area contributed by atoms with Gasteiger partial charge < -0.3 is 15.4 Å². The number of aryl methyl sites for hydroxylation is 1. The van der Waals surface area contributed by atoms with Crippen LogP contribution in [0, 0.1) is 6.92 Å². The van der Waals surface area contributed by atoms with E-state index in [0.29, 0.717) is 11.7 Å². The van der Waals surface area contributed by atoms with Gasteiger partial charge in [-0.3, -0.25) is 0 Å². The van der Waals surface area contributed by atoms with Crippen LogP contribution in [-0.2, 0) is 13.1 Å². The van der Waals surface area contributed by atoms with E-state index in [1.807, 2.05) is 24.3 Å². The highest BCUT2D eigenvalue weighted by atomic mass is 32.1. The number of hydrogen-bond acceptors (Lipinski definition) is 2. The first kappa shape index (κ1) is 15.3. The summed E-state index contributed by atoms with van der Waals surface area (Å²) in [5.41, 5.74) is 3.64. The normalized spacial score (nSPS) is 10.0. The van der Waals surface area contributed by atoms with Gasteiger partial charge in [-0.25, -0.2) is 0 Å². The summed E-state index contributed by atoms with van der Waals surface area (Å²) in [7, 11) is 1.66. The predicted octanol–water partition coefficient (Wildman–Crippen LogP) is 3.17. The van der Waals surface area contributed by atoms with Crippen LogP contribution in [-0.4, -0.2) is 12.2 Å². The first-order valence-corrected chi connectivity index (χ1v) is 7.28. The molecule has 0 aliphatic rings. The van der Waals surface area contributed by atoms with E-state index in [0.717, 1.165) is 17.9 Å². The highest BCUT2D eigenvalue weighted by molar-refractivity contribution is 7.80. The maximum absolute atomic E-state index is 5.28. The molecule has 0 saturated heterocycles. The summed E-state index contributed by atoms with van der Waals surface area (Å²) in [5.74, 6) is 0.860. The van der Waals surface area contributed by atoms with Gasteiger partial charge in [0.15, 0.2) is 5.11 Å². The second-order valence-electron chi connectivity index (χ2n) is 4.87. The zero-order chi connectivity index (χ0) is 15.1. The molecule has 2 aromatic carbocycles. The lowest BCUT2D eigenvalue weighted by atomic mass is 10.1. The lowest BCUT2D eigenvalue weighted by molar-refractivity contribution is 0.414. The molecule has 110 valence electrons. The van der Waals surface area contributed by atoms with E-state index in [4.69, 9.17) is 17.0 Å². The van der Waals surface area contributed by atoms with Crippen molar-refractivity contribution in [3.63, 3.8) is 0 Å². The SMILES string of the molecule is COc1ccc(CNC(=S)NCc2ccc(C)cc2)cc1. The molecule has 0 radical (unpaired) electrons. The second kappa shape index (κ2) is 7.64. The van der Waals surface area contributed by atoms with Crippen LogP contribution in [0.2, 0.25) is 0 Å². The molecule has 0 saturated carbocycles. The molecule has 0 unspecified atom stereocenters. The summed E-state index contributed by atoms with van der Waals surface area (Å²) in [4.78, 5) is 0. The zero-order valence-corrected chi connectivity index (χ0v) is 13.2. The van der Waals surface area contributed by atoms with E-state index in [2.05, 4.69) is 41.8 Å². The molecule has 0 amide bonds. The fourth-order valence-electron chi connectivity index (χ4n) is 1.88. The van der Waals surface area contributed by atoms with E-state index in [-0.39, 0.29) is 0 Å². The Labute approximate surface area is 131 Å². The lowest BCUT2D eigenvalue weighted by Crippen LogP contribution is -2.34. The van der Waals surface area contributed by atoms with Crippen LogP contribution in [0.1, 0.15) is 16.7 Å². The third-order valence-corrected chi connectivity index (χ3v) is 3.47. The minimum Gasteiger partial charge on any atom is -0.497 e. The highest BCUT2D eigenvalue weighted by Crippen LogP contribution is 2.10. The lowest BCUT2D eigenvalue weighted by Gasteiger charge is -2.11. The Kier molecular flexibility index (Phi) is 5.58. The van der Waals surface area contributed by atoms with E-state index in [9.17, 15) is 0 Å². The summed E-state index contributed by atoms with van der Waals surface area (Å²) in [6.45, 7) is 3.51. The van der Waals surface area contributed by atoms with Crippen LogP contribution in [0.4, 0.5) is 0 Å². The number of rotatable bonds is 5. The van der Waals surface area contributed by atoms with E-state index in [1.54, 1.807) is 7.11 Å². The first-order chi connectivity index (χ1) is 10.2. The van der Waals surface area contributed by atoms with Crippen molar-refractivity contribution in [1.82, 2.24) is 10.6 Å². The topological polar surface area (TPSA) is 33.3 Å². The van der Waals surface area contributed by atoms with Gasteiger partial charge >= 0.3 is 0 Å². The van der Waals surface area contributed by atoms with Crippen LogP contribution in [0.15, 0.2) is 48.5 Å². The number of benzene rings is 2. The van der Waals surface area contributed by atoms with Crippen molar-refractivity contribution in [2.75, 3.05) is 7.11 Å². The fraction of sp³-hybridized carbons (Fsp3) is 0.235. The zero-order valence-electron chi connectivity index (χ0n) is 12.3. The second-order valence-corrected chi connectivity index (χ2v) is 5.28. The molecule has 0 aliphatic carbocycles. The molecule has 0 aromatic heterocycles. The van der Waals surface area contributed by atoms with Crippen molar-refractivity contribution in [2.45, 2.75) is 20.0 Å². The summed E-state index contributed by atoms with van der Waals surface area (Å²) in [5, 5.41) is 7.06. The highest BCUT2D eigenvalue weighted by Gasteiger charge is 1.98. The van der Waals surface area contributed by atoms with Crippen molar-refractivity contribution in [2.24, 2.45) is 0 Å². The maximum Gasteiger partial charge on any atom is 0.166 e. The Bertz CT molecular complexity index is 579. The van der Waals surface area contributed by atoms with Crippen molar-refractivity contribution < 1.29 is 4.74 Å². The van der Waals surface area contributed by atoms with Gasteiger partial charge in [-0.2, -0.15) is 0 Å². The summed E-state index contributed by atoms with van der Waals surface area (Å²) in [6, 6.07) is 16.3. The molecule has 2 aromatic rings. The Morgan fingerprint density at radius 2 is 1.38 bits per heavy atom. The summed E-state index contributed by atoms with van der Waals surface area (Å²) in [6.07, 6.45) is 0. The number of ether oxygens (including phenoxy) is 1. The third kappa shape index (κ3) is 5.08. The van der Waals surface area contributed by atoms with Gasteiger partial charge in [0.05, 0.1) is 7.11 Å². The van der Waals surface area contributed by atoms with Crippen LogP contribution in [0.25, 0.3) is 0 Å². The van der Waals surface area contributed by atoms with E-state index >= 15 is 0 Å². The molecule has 21 heavy (non-hydrogen) atoms. The van der Waals surface area contributed by atoms with E-state index in [1.165, 1.54) is 11.1 Å². The molecule has 2 N–H and O–H groups in total. The largest absolute Gasteiger partial charge is 0.497 e. The van der Waals surface area contributed by atoms with Crippen molar-refractivity contribution >= 4 is 17.3 Å². The standard InChI is InChI=1S/C17H20N2OS/c1-13-3-5-14(6-4-13)11-18-17(21)19-12-15-7-9-16(20-2)10-8-15/h3-10H,11-12H2,1-2H3,(H2,18,19,21). The average molecular weight is 300 g/mol. The Morgan fingerprint density at radius 3 is 1.86 bits per heavy atom. The molecule has 0 spiro atoms. The Hall–Kier alpha value is -2.07. The number of hydrogen-bond donors (Lipinski definition) is 2. The predicted molar refractivity (Wildman–Crippen MR) is 90.5 cm³/mol. The third-order valence-electron chi connectivity index (χ3n) is 3.19. The summed E-state index contributed by atoms with van der Waals surface area (Å²) >= 11 is 5.28. The average Bonchev–Trinajstić information content (AvgIpc) is 2.53. The molecular formula is C17H20N2OS.